The predicted octanol–water partition coefficient (Wildman–Crippen LogP) is 2.71. The van der Waals surface area contributed by atoms with Crippen LogP contribution in [0.2, 0.25) is 5.02 Å². The van der Waals surface area contributed by atoms with E-state index in [4.69, 9.17) is 21.4 Å². The standard InChI is InChI=1S/C16H13ClN4O3/c17-11-7-18-16(24-10-5-9(6-10)15(22)23)20-14(11)21-8-19-12-3-1-2-4-13(12)21/h1-4,7-10H,5-6H2,(H,22,23). The van der Waals surface area contributed by atoms with Crippen molar-refractivity contribution < 1.29 is 14.6 Å². The lowest BCUT2D eigenvalue weighted by Gasteiger charge is -2.31. The van der Waals surface area contributed by atoms with Crippen LogP contribution in [0.4, 0.5) is 0 Å². The first-order valence-electron chi connectivity index (χ1n) is 7.46. The minimum absolute atomic E-state index is 0.181. The Hall–Kier alpha value is -2.67. The topological polar surface area (TPSA) is 90.1 Å². The van der Waals surface area contributed by atoms with Crippen LogP contribution in [0.1, 0.15) is 12.8 Å². The predicted molar refractivity (Wildman–Crippen MR) is 86.4 cm³/mol. The number of hydrogen-bond acceptors (Lipinski definition) is 5. The van der Waals surface area contributed by atoms with Crippen LogP contribution in [0, 0.1) is 5.92 Å². The van der Waals surface area contributed by atoms with Crippen LogP contribution in [0.5, 0.6) is 6.01 Å². The van der Waals surface area contributed by atoms with E-state index in [1.165, 1.54) is 6.20 Å². The number of fused-ring (bicyclic) bond motifs is 1. The van der Waals surface area contributed by atoms with Gasteiger partial charge in [-0.3, -0.25) is 9.36 Å². The molecule has 0 bridgehead atoms. The van der Waals surface area contributed by atoms with Gasteiger partial charge in [-0.1, -0.05) is 23.7 Å². The molecule has 4 rings (SSSR count). The van der Waals surface area contributed by atoms with E-state index in [0.29, 0.717) is 23.7 Å². The van der Waals surface area contributed by atoms with Crippen LogP contribution in [0.3, 0.4) is 0 Å². The fourth-order valence-corrected chi connectivity index (χ4v) is 2.89. The van der Waals surface area contributed by atoms with Gasteiger partial charge in [0.1, 0.15) is 17.5 Å². The summed E-state index contributed by atoms with van der Waals surface area (Å²) in [4.78, 5) is 23.6. The summed E-state index contributed by atoms with van der Waals surface area (Å²) in [5, 5.41) is 9.29. The SMILES string of the molecule is O=C(O)C1CC(Oc2ncc(Cl)c(-n3cnc4ccccc43)n2)C1. The van der Waals surface area contributed by atoms with Gasteiger partial charge in [0.2, 0.25) is 0 Å². The Balaban J connectivity index is 1.61. The molecule has 1 aliphatic rings. The number of hydrogen-bond donors (Lipinski definition) is 1. The number of rotatable bonds is 4. The number of para-hydroxylation sites is 2. The fraction of sp³-hybridized carbons (Fsp3) is 0.250. The molecule has 0 atom stereocenters. The third-order valence-corrected chi connectivity index (χ3v) is 4.37. The quantitative estimate of drug-likeness (QED) is 0.782. The van der Waals surface area contributed by atoms with Gasteiger partial charge in [-0.05, 0) is 25.0 Å². The summed E-state index contributed by atoms with van der Waals surface area (Å²) in [6.07, 6.45) is 3.86. The van der Waals surface area contributed by atoms with E-state index in [-0.39, 0.29) is 18.0 Å². The number of ether oxygens (including phenoxy) is 1. The summed E-state index contributed by atoms with van der Waals surface area (Å²) in [5.74, 6) is -0.665. The molecular weight excluding hydrogens is 332 g/mol. The third kappa shape index (κ3) is 2.56. The van der Waals surface area contributed by atoms with E-state index >= 15 is 0 Å². The molecule has 1 aromatic carbocycles. The number of halogens is 1. The van der Waals surface area contributed by atoms with Crippen molar-refractivity contribution in [2.24, 2.45) is 5.92 Å². The van der Waals surface area contributed by atoms with Gasteiger partial charge in [-0.15, -0.1) is 0 Å². The average molecular weight is 345 g/mol. The molecule has 0 spiro atoms. The minimum atomic E-state index is -0.794. The van der Waals surface area contributed by atoms with Crippen LogP contribution in [0.15, 0.2) is 36.8 Å². The van der Waals surface area contributed by atoms with Crippen LogP contribution in [-0.2, 0) is 4.79 Å². The van der Waals surface area contributed by atoms with E-state index in [0.717, 1.165) is 11.0 Å². The Morgan fingerprint density at radius 1 is 1.29 bits per heavy atom. The molecule has 0 saturated heterocycles. The van der Waals surface area contributed by atoms with E-state index in [9.17, 15) is 4.79 Å². The zero-order chi connectivity index (χ0) is 16.7. The van der Waals surface area contributed by atoms with Crippen molar-refractivity contribution in [3.05, 3.63) is 41.8 Å². The Morgan fingerprint density at radius 3 is 2.88 bits per heavy atom. The minimum Gasteiger partial charge on any atom is -0.481 e. The molecule has 0 aliphatic heterocycles. The van der Waals surface area contributed by atoms with Crippen molar-refractivity contribution in [2.75, 3.05) is 0 Å². The van der Waals surface area contributed by atoms with Gasteiger partial charge in [0, 0.05) is 0 Å². The highest BCUT2D eigenvalue weighted by atomic mass is 35.5. The summed E-state index contributed by atoms with van der Waals surface area (Å²) in [6, 6.07) is 7.82. The van der Waals surface area contributed by atoms with Crippen LogP contribution >= 0.6 is 11.6 Å². The van der Waals surface area contributed by atoms with Crippen LogP contribution in [0.25, 0.3) is 16.9 Å². The molecule has 1 saturated carbocycles. The van der Waals surface area contributed by atoms with Gasteiger partial charge in [-0.25, -0.2) is 9.97 Å². The normalized spacial score (nSPS) is 19.9. The van der Waals surface area contributed by atoms with Crippen LogP contribution in [-0.4, -0.2) is 36.7 Å². The summed E-state index contributed by atoms with van der Waals surface area (Å²) >= 11 is 6.23. The summed E-state index contributed by atoms with van der Waals surface area (Å²) in [6.45, 7) is 0. The second kappa shape index (κ2) is 5.76. The lowest BCUT2D eigenvalue weighted by molar-refractivity contribution is -0.148. The number of aromatic nitrogens is 4. The van der Waals surface area contributed by atoms with Gasteiger partial charge >= 0.3 is 12.0 Å². The van der Waals surface area contributed by atoms with Gasteiger partial charge in [0.15, 0.2) is 5.82 Å². The molecule has 0 radical (unpaired) electrons. The van der Waals surface area contributed by atoms with Crippen LogP contribution < -0.4 is 4.74 Å². The largest absolute Gasteiger partial charge is 0.481 e. The first-order chi connectivity index (χ1) is 11.6. The van der Waals surface area contributed by atoms with Crippen molar-refractivity contribution in [3.63, 3.8) is 0 Å². The smallest absolute Gasteiger partial charge is 0.318 e. The number of nitrogens with zero attached hydrogens (tertiary/aromatic N) is 4. The molecular formula is C16H13ClN4O3. The van der Waals surface area contributed by atoms with E-state index in [1.807, 2.05) is 24.3 Å². The second-order valence-corrected chi connectivity index (χ2v) is 6.08. The maximum atomic E-state index is 10.8. The van der Waals surface area contributed by atoms with Gasteiger partial charge in [-0.2, -0.15) is 4.98 Å². The van der Waals surface area contributed by atoms with Gasteiger partial charge < -0.3 is 9.84 Å². The monoisotopic (exact) mass is 344 g/mol. The third-order valence-electron chi connectivity index (χ3n) is 4.10. The number of carboxylic acids is 1. The molecule has 8 heteroatoms. The summed E-state index contributed by atoms with van der Waals surface area (Å²) in [7, 11) is 0. The molecule has 2 aromatic heterocycles. The number of benzene rings is 1. The maximum Gasteiger partial charge on any atom is 0.318 e. The Labute approximate surface area is 141 Å². The molecule has 122 valence electrons. The highest BCUT2D eigenvalue weighted by Crippen LogP contribution is 2.31. The first-order valence-corrected chi connectivity index (χ1v) is 7.84. The fourth-order valence-electron chi connectivity index (χ4n) is 2.71. The van der Waals surface area contributed by atoms with Crippen molar-refractivity contribution in [2.45, 2.75) is 18.9 Å². The van der Waals surface area contributed by atoms with Crippen molar-refractivity contribution in [1.29, 1.82) is 0 Å². The molecule has 2 heterocycles. The number of carbonyl (C=O) groups is 1. The number of aliphatic carboxylic acids is 1. The highest BCUT2D eigenvalue weighted by Gasteiger charge is 2.36. The zero-order valence-electron chi connectivity index (χ0n) is 12.5. The van der Waals surface area contributed by atoms with Gasteiger partial charge in [0.05, 0.1) is 23.1 Å². The first kappa shape index (κ1) is 14.9. The molecule has 0 unspecified atom stereocenters. The average Bonchev–Trinajstić information content (AvgIpc) is 2.95. The highest BCUT2D eigenvalue weighted by molar-refractivity contribution is 6.32. The number of carboxylic acid groups (broad SMARTS) is 1. The molecule has 0 amide bonds. The molecule has 1 N–H and O–H groups in total. The number of imidazole rings is 1. The Bertz CT molecular complexity index is 921. The zero-order valence-corrected chi connectivity index (χ0v) is 13.2. The Morgan fingerprint density at radius 2 is 2.08 bits per heavy atom. The maximum absolute atomic E-state index is 10.8. The lowest BCUT2D eigenvalue weighted by atomic mass is 9.82. The van der Waals surface area contributed by atoms with Crippen molar-refractivity contribution >= 4 is 28.6 Å². The summed E-state index contributed by atoms with van der Waals surface area (Å²) in [5.41, 5.74) is 1.71. The summed E-state index contributed by atoms with van der Waals surface area (Å²) < 4.78 is 7.43. The van der Waals surface area contributed by atoms with Crippen molar-refractivity contribution in [1.82, 2.24) is 19.5 Å². The molecule has 24 heavy (non-hydrogen) atoms. The lowest BCUT2D eigenvalue weighted by Crippen LogP contribution is -2.38. The Kier molecular flexibility index (Phi) is 3.57. The molecule has 3 aromatic rings. The van der Waals surface area contributed by atoms with E-state index < -0.39 is 5.97 Å². The van der Waals surface area contributed by atoms with Gasteiger partial charge in [0.25, 0.3) is 0 Å². The van der Waals surface area contributed by atoms with E-state index in [2.05, 4.69) is 15.0 Å². The second-order valence-electron chi connectivity index (χ2n) is 5.67. The molecule has 7 nitrogen and oxygen atoms in total. The molecule has 1 aliphatic carbocycles. The molecule has 1 fully saturated rings. The van der Waals surface area contributed by atoms with E-state index in [1.54, 1.807) is 10.9 Å². The van der Waals surface area contributed by atoms with Crippen molar-refractivity contribution in [3.8, 4) is 11.8 Å².